The van der Waals surface area contributed by atoms with Crippen molar-refractivity contribution in [3.05, 3.63) is 0 Å². The maximum atomic E-state index is 12.7. The molecule has 7 heteroatoms. The van der Waals surface area contributed by atoms with Gasteiger partial charge < -0.3 is 4.90 Å². The Morgan fingerprint density at radius 2 is 1.70 bits per heavy atom. The second-order valence-electron chi connectivity index (χ2n) is 7.95. The molecule has 2 N–H and O–H groups in total. The minimum Gasteiger partial charge on any atom is -0.342 e. The van der Waals surface area contributed by atoms with Gasteiger partial charge in [0.1, 0.15) is 0 Å². The first-order chi connectivity index (χ1) is 10.6. The summed E-state index contributed by atoms with van der Waals surface area (Å²) in [5, 5.41) is 5.15. The van der Waals surface area contributed by atoms with E-state index in [9.17, 15) is 13.2 Å². The standard InChI is InChI=1S/C16H31N3O3S/c1-13(2)12-16(3)6-10-18(11-7-16)15(20)14-4-8-19(9-5-14)23(17,21)22/h13-14H,4-12H2,1-3H3,(H2,17,21,22). The maximum absolute atomic E-state index is 12.7. The number of carbonyl (C=O) groups is 1. The molecule has 2 fully saturated rings. The zero-order valence-electron chi connectivity index (χ0n) is 14.6. The van der Waals surface area contributed by atoms with Crippen molar-refractivity contribution in [2.45, 2.75) is 52.9 Å². The van der Waals surface area contributed by atoms with Crippen molar-refractivity contribution in [3.8, 4) is 0 Å². The molecule has 0 unspecified atom stereocenters. The van der Waals surface area contributed by atoms with Gasteiger partial charge >= 0.3 is 0 Å². The molecule has 2 aliphatic rings. The van der Waals surface area contributed by atoms with Crippen LogP contribution in [0.25, 0.3) is 0 Å². The first-order valence-corrected chi connectivity index (χ1v) is 10.2. The van der Waals surface area contributed by atoms with E-state index in [1.165, 1.54) is 10.7 Å². The Morgan fingerprint density at radius 1 is 1.17 bits per heavy atom. The van der Waals surface area contributed by atoms with Crippen LogP contribution in [-0.2, 0) is 15.0 Å². The number of likely N-dealkylation sites (tertiary alicyclic amines) is 1. The van der Waals surface area contributed by atoms with E-state index in [1.54, 1.807) is 0 Å². The summed E-state index contributed by atoms with van der Waals surface area (Å²) in [5.41, 5.74) is 0.349. The van der Waals surface area contributed by atoms with Crippen LogP contribution in [-0.4, -0.2) is 49.7 Å². The largest absolute Gasteiger partial charge is 0.342 e. The van der Waals surface area contributed by atoms with Crippen molar-refractivity contribution in [1.82, 2.24) is 9.21 Å². The monoisotopic (exact) mass is 345 g/mol. The molecule has 2 saturated heterocycles. The number of piperidine rings is 2. The molecule has 134 valence electrons. The van der Waals surface area contributed by atoms with Gasteiger partial charge in [0.15, 0.2) is 0 Å². The van der Waals surface area contributed by atoms with E-state index in [1.807, 2.05) is 4.90 Å². The smallest absolute Gasteiger partial charge is 0.276 e. The van der Waals surface area contributed by atoms with Crippen LogP contribution < -0.4 is 5.14 Å². The van der Waals surface area contributed by atoms with Crippen LogP contribution in [0.15, 0.2) is 0 Å². The van der Waals surface area contributed by atoms with Gasteiger partial charge in [0.2, 0.25) is 5.91 Å². The second-order valence-corrected chi connectivity index (χ2v) is 9.50. The number of hydrogen-bond acceptors (Lipinski definition) is 3. The molecule has 0 radical (unpaired) electrons. The topological polar surface area (TPSA) is 83.7 Å². The molecule has 2 heterocycles. The van der Waals surface area contributed by atoms with Gasteiger partial charge in [0.05, 0.1) is 0 Å². The fourth-order valence-electron chi connectivity index (χ4n) is 4.07. The number of hydrogen-bond donors (Lipinski definition) is 1. The van der Waals surface area contributed by atoms with Crippen LogP contribution >= 0.6 is 0 Å². The van der Waals surface area contributed by atoms with Crippen LogP contribution in [0, 0.1) is 17.3 Å². The van der Waals surface area contributed by atoms with Gasteiger partial charge in [-0.25, -0.2) is 5.14 Å². The van der Waals surface area contributed by atoms with Crippen LogP contribution in [0.3, 0.4) is 0 Å². The van der Waals surface area contributed by atoms with Gasteiger partial charge in [-0.05, 0) is 43.4 Å². The van der Waals surface area contributed by atoms with Crippen molar-refractivity contribution >= 4 is 16.1 Å². The predicted molar refractivity (Wildman–Crippen MR) is 90.8 cm³/mol. The lowest BCUT2D eigenvalue weighted by molar-refractivity contribution is -0.139. The number of carbonyl (C=O) groups excluding carboxylic acids is 1. The molecule has 23 heavy (non-hydrogen) atoms. The summed E-state index contributed by atoms with van der Waals surface area (Å²) < 4.78 is 23.9. The minimum atomic E-state index is -3.62. The lowest BCUT2D eigenvalue weighted by Gasteiger charge is -2.42. The Labute approximate surface area is 140 Å². The number of rotatable bonds is 4. The Kier molecular flexibility index (Phi) is 5.74. The molecule has 0 aromatic heterocycles. The molecular weight excluding hydrogens is 314 g/mol. The number of amides is 1. The zero-order valence-corrected chi connectivity index (χ0v) is 15.4. The van der Waals surface area contributed by atoms with E-state index in [4.69, 9.17) is 5.14 Å². The van der Waals surface area contributed by atoms with Crippen LogP contribution in [0.5, 0.6) is 0 Å². The van der Waals surface area contributed by atoms with E-state index >= 15 is 0 Å². The molecule has 0 spiro atoms. The van der Waals surface area contributed by atoms with Gasteiger partial charge in [-0.1, -0.05) is 20.8 Å². The fraction of sp³-hybridized carbons (Fsp3) is 0.938. The lowest BCUT2D eigenvalue weighted by Crippen LogP contribution is -2.49. The van der Waals surface area contributed by atoms with E-state index in [0.29, 0.717) is 37.3 Å². The first kappa shape index (κ1) is 18.7. The summed E-state index contributed by atoms with van der Waals surface area (Å²) in [5.74, 6) is 0.831. The Hall–Kier alpha value is -0.660. The predicted octanol–water partition coefficient (Wildman–Crippen LogP) is 1.58. The zero-order chi connectivity index (χ0) is 17.3. The molecule has 2 rings (SSSR count). The van der Waals surface area contributed by atoms with Gasteiger partial charge in [0.25, 0.3) is 10.2 Å². The van der Waals surface area contributed by atoms with Gasteiger partial charge in [-0.15, -0.1) is 0 Å². The van der Waals surface area contributed by atoms with Gasteiger partial charge in [-0.2, -0.15) is 12.7 Å². The Bertz CT molecular complexity index is 517. The molecule has 1 amide bonds. The van der Waals surface area contributed by atoms with E-state index in [-0.39, 0.29) is 11.8 Å². The molecule has 0 aromatic rings. The van der Waals surface area contributed by atoms with Crippen LogP contribution in [0.1, 0.15) is 52.9 Å². The van der Waals surface area contributed by atoms with Gasteiger partial charge in [0, 0.05) is 32.1 Å². The molecule has 6 nitrogen and oxygen atoms in total. The van der Waals surface area contributed by atoms with Crippen molar-refractivity contribution in [3.63, 3.8) is 0 Å². The fourth-order valence-corrected chi connectivity index (χ4v) is 4.79. The summed E-state index contributed by atoms with van der Waals surface area (Å²) in [6.45, 7) is 9.21. The molecule has 0 saturated carbocycles. The highest BCUT2D eigenvalue weighted by molar-refractivity contribution is 7.86. The number of nitrogens with zero attached hydrogens (tertiary/aromatic N) is 2. The summed E-state index contributed by atoms with van der Waals surface area (Å²) in [6.07, 6.45) is 4.49. The molecule has 0 bridgehead atoms. The molecule has 0 aromatic carbocycles. The third kappa shape index (κ3) is 4.90. The number of nitrogens with two attached hydrogens (primary N) is 1. The average molecular weight is 346 g/mol. The highest BCUT2D eigenvalue weighted by Crippen LogP contribution is 2.37. The Balaban J connectivity index is 1.84. The van der Waals surface area contributed by atoms with Crippen molar-refractivity contribution < 1.29 is 13.2 Å². The minimum absolute atomic E-state index is 0.0533. The van der Waals surface area contributed by atoms with Crippen LogP contribution in [0.4, 0.5) is 0 Å². The molecular formula is C16H31N3O3S. The summed E-state index contributed by atoms with van der Waals surface area (Å²) in [6, 6.07) is 0. The summed E-state index contributed by atoms with van der Waals surface area (Å²) in [7, 11) is -3.62. The van der Waals surface area contributed by atoms with E-state index < -0.39 is 10.2 Å². The third-order valence-electron chi connectivity index (χ3n) is 5.35. The molecule has 2 aliphatic heterocycles. The molecule has 0 atom stereocenters. The van der Waals surface area contributed by atoms with Crippen molar-refractivity contribution in [2.75, 3.05) is 26.2 Å². The second kappa shape index (κ2) is 7.07. The van der Waals surface area contributed by atoms with E-state index in [2.05, 4.69) is 20.8 Å². The normalized spacial score (nSPS) is 24.1. The van der Waals surface area contributed by atoms with Crippen molar-refractivity contribution in [1.29, 1.82) is 0 Å². The summed E-state index contributed by atoms with van der Waals surface area (Å²) >= 11 is 0. The highest BCUT2D eigenvalue weighted by Gasteiger charge is 2.36. The summed E-state index contributed by atoms with van der Waals surface area (Å²) in [4.78, 5) is 14.7. The van der Waals surface area contributed by atoms with Crippen LogP contribution in [0.2, 0.25) is 0 Å². The average Bonchev–Trinajstić information content (AvgIpc) is 2.45. The van der Waals surface area contributed by atoms with Crippen molar-refractivity contribution in [2.24, 2.45) is 22.4 Å². The third-order valence-corrected chi connectivity index (χ3v) is 6.43. The lowest BCUT2D eigenvalue weighted by atomic mass is 9.74. The molecule has 0 aliphatic carbocycles. The highest BCUT2D eigenvalue weighted by atomic mass is 32.2. The first-order valence-electron chi connectivity index (χ1n) is 8.67. The quantitative estimate of drug-likeness (QED) is 0.839. The SMILES string of the molecule is CC(C)CC1(C)CCN(C(=O)C2CCN(S(N)(=O)=O)CC2)CC1. The van der Waals surface area contributed by atoms with Gasteiger partial charge in [-0.3, -0.25) is 4.79 Å². The Morgan fingerprint density at radius 3 is 2.13 bits per heavy atom. The maximum Gasteiger partial charge on any atom is 0.276 e. The van der Waals surface area contributed by atoms with E-state index in [0.717, 1.165) is 25.9 Å².